The van der Waals surface area contributed by atoms with E-state index in [0.29, 0.717) is 25.8 Å². The van der Waals surface area contributed by atoms with E-state index in [2.05, 4.69) is 21.1 Å². The lowest BCUT2D eigenvalue weighted by molar-refractivity contribution is -0.385. The Bertz CT molecular complexity index is 2370. The second kappa shape index (κ2) is 17.5. The van der Waals surface area contributed by atoms with Crippen molar-refractivity contribution < 1.29 is 48.0 Å². The number of fused-ring (bicyclic) bond motifs is 6. The molecular formula is C41H47N9O12. The van der Waals surface area contributed by atoms with Gasteiger partial charge < -0.3 is 36.3 Å². The molecule has 1 spiro atoms. The van der Waals surface area contributed by atoms with Crippen LogP contribution in [0, 0.1) is 26.1 Å². The lowest BCUT2D eigenvalue weighted by Crippen LogP contribution is -2.57. The summed E-state index contributed by atoms with van der Waals surface area (Å²) < 4.78 is 17.5. The third-order valence-corrected chi connectivity index (χ3v) is 10.5. The Kier molecular flexibility index (Phi) is 12.6. The third kappa shape index (κ3) is 9.17. The van der Waals surface area contributed by atoms with Gasteiger partial charge in [-0.1, -0.05) is 13.8 Å². The molecule has 3 aromatic rings. The van der Waals surface area contributed by atoms with Crippen molar-refractivity contribution in [1.82, 2.24) is 15.8 Å². The van der Waals surface area contributed by atoms with E-state index in [0.717, 1.165) is 12.1 Å². The van der Waals surface area contributed by atoms with E-state index in [1.807, 2.05) is 0 Å². The lowest BCUT2D eigenvalue weighted by atomic mass is 9.77. The van der Waals surface area contributed by atoms with Crippen molar-refractivity contribution in [3.63, 3.8) is 0 Å². The molecule has 21 nitrogen and oxygen atoms in total. The number of rotatable bonds is 15. The molecule has 3 aliphatic heterocycles. The van der Waals surface area contributed by atoms with Crippen molar-refractivity contribution in [3.05, 3.63) is 97.1 Å². The van der Waals surface area contributed by atoms with Crippen molar-refractivity contribution >= 4 is 52.6 Å². The molecule has 0 aromatic heterocycles. The molecule has 328 valence electrons. The van der Waals surface area contributed by atoms with Crippen LogP contribution in [0.25, 0.3) is 0 Å². The Morgan fingerprint density at radius 1 is 0.968 bits per heavy atom. The van der Waals surface area contributed by atoms with Crippen molar-refractivity contribution in [2.24, 2.45) is 22.4 Å². The van der Waals surface area contributed by atoms with Crippen molar-refractivity contribution in [2.75, 3.05) is 18.4 Å². The minimum absolute atomic E-state index is 0.0336. The van der Waals surface area contributed by atoms with Gasteiger partial charge in [-0.3, -0.25) is 39.6 Å². The number of aliphatic imine (C=N–C) groups is 1. The summed E-state index contributed by atoms with van der Waals surface area (Å²) >= 11 is 0. The van der Waals surface area contributed by atoms with Gasteiger partial charge in [0.15, 0.2) is 11.6 Å². The van der Waals surface area contributed by atoms with Crippen LogP contribution in [-0.4, -0.2) is 87.2 Å². The number of ketones is 2. The van der Waals surface area contributed by atoms with Crippen molar-refractivity contribution in [3.8, 4) is 11.5 Å². The molecule has 0 aliphatic carbocycles. The van der Waals surface area contributed by atoms with Crippen LogP contribution < -0.4 is 32.3 Å². The Morgan fingerprint density at radius 2 is 1.60 bits per heavy atom. The summed E-state index contributed by atoms with van der Waals surface area (Å²) in [6.07, 6.45) is 0.433. The molecule has 1 fully saturated rings. The first-order valence-corrected chi connectivity index (χ1v) is 19.8. The molecule has 4 atom stereocenters. The first-order valence-electron chi connectivity index (χ1n) is 19.8. The second-order valence-electron chi connectivity index (χ2n) is 16.4. The molecule has 3 aliphatic rings. The minimum atomic E-state index is -1.73. The number of alkyl carbamates (subject to hydrolysis) is 1. The van der Waals surface area contributed by atoms with Crippen molar-refractivity contribution in [2.45, 2.75) is 89.6 Å². The number of nitro groups is 2. The Labute approximate surface area is 354 Å². The van der Waals surface area contributed by atoms with Gasteiger partial charge in [-0.25, -0.2) is 20.0 Å². The molecule has 62 heavy (non-hydrogen) atoms. The van der Waals surface area contributed by atoms with Crippen LogP contribution in [0.5, 0.6) is 11.5 Å². The summed E-state index contributed by atoms with van der Waals surface area (Å²) in [5.74, 6) is -3.59. The van der Waals surface area contributed by atoms with E-state index in [-0.39, 0.29) is 69.7 Å². The normalized spacial score (nSPS) is 18.6. The standard InChI is InChI=1S/C41H47N9O12/c1-21(2)33(46-39(55)62-40(3,4)5)35(52)34(51)30-9-7-17-48(30)47-29(8-6-16-44-38(42)43)36(53)45-22-10-13-27-31(18-22)60-32-20-24(50(58)59)12-15-28(32)41(27)26-14-11-23(49(56)57)19-25(26)37(54)61-41/h10-15,18-21,29-30,33,47H,6-9,16-17H2,1-5H3,(H,45,53)(H,46,55)(H4,42,43,44)/t29?,30-,33-,41?/m0/s1. The molecule has 1 saturated heterocycles. The highest BCUT2D eigenvalue weighted by atomic mass is 16.6. The molecule has 2 amide bonds. The number of non-ortho nitro benzene ring substituents is 2. The highest BCUT2D eigenvalue weighted by Gasteiger charge is 2.54. The number of guanidine groups is 1. The number of nitrogens with two attached hydrogens (primary N) is 2. The van der Waals surface area contributed by atoms with Gasteiger partial charge in [0.2, 0.25) is 17.5 Å². The number of hydrazine groups is 1. The summed E-state index contributed by atoms with van der Waals surface area (Å²) in [5, 5.41) is 30.3. The molecule has 0 bridgehead atoms. The van der Waals surface area contributed by atoms with Crippen LogP contribution in [0.1, 0.15) is 87.4 Å². The van der Waals surface area contributed by atoms with Crippen LogP contribution in [0.2, 0.25) is 0 Å². The first kappa shape index (κ1) is 44.5. The smallest absolute Gasteiger partial charge is 0.408 e. The van der Waals surface area contributed by atoms with Gasteiger partial charge in [0.25, 0.3) is 11.4 Å². The average Bonchev–Trinajstić information content (AvgIpc) is 3.78. The Balaban J connectivity index is 1.28. The number of nitrogens with one attached hydrogen (secondary N) is 3. The summed E-state index contributed by atoms with van der Waals surface area (Å²) in [6, 6.07) is 8.83. The number of Topliss-reactive ketones (excluding diaryl/α,β-unsaturated/α-hetero) is 2. The monoisotopic (exact) mass is 857 g/mol. The molecule has 21 heteroatoms. The molecule has 0 saturated carbocycles. The summed E-state index contributed by atoms with van der Waals surface area (Å²) in [4.78, 5) is 93.7. The quantitative estimate of drug-likeness (QED) is 0.0273. The van der Waals surface area contributed by atoms with Gasteiger partial charge in [0.1, 0.15) is 29.2 Å². The fourth-order valence-electron chi connectivity index (χ4n) is 7.68. The van der Waals surface area contributed by atoms with E-state index >= 15 is 0 Å². The van der Waals surface area contributed by atoms with Crippen LogP contribution >= 0.6 is 0 Å². The highest BCUT2D eigenvalue weighted by Crippen LogP contribution is 2.57. The van der Waals surface area contributed by atoms with Gasteiger partial charge in [0.05, 0.1) is 27.5 Å². The molecule has 3 aromatic carbocycles. The fraction of sp³-hybridized carbons (Fsp3) is 0.415. The van der Waals surface area contributed by atoms with Gasteiger partial charge >= 0.3 is 12.1 Å². The second-order valence-corrected chi connectivity index (χ2v) is 16.4. The topological polar surface area (TPSA) is 303 Å². The van der Waals surface area contributed by atoms with Crippen LogP contribution in [-0.2, 0) is 29.5 Å². The zero-order chi connectivity index (χ0) is 45.3. The molecular weight excluding hydrogens is 811 g/mol. The van der Waals surface area contributed by atoms with E-state index in [1.54, 1.807) is 34.6 Å². The highest BCUT2D eigenvalue weighted by molar-refractivity contribution is 6.41. The summed E-state index contributed by atoms with van der Waals surface area (Å²) in [6.45, 7) is 8.87. The van der Waals surface area contributed by atoms with Gasteiger partial charge in [0, 0.05) is 59.7 Å². The molecule has 6 rings (SSSR count). The number of nitrogens with zero attached hydrogens (tertiary/aromatic N) is 4. The van der Waals surface area contributed by atoms with Crippen LogP contribution in [0.15, 0.2) is 59.6 Å². The van der Waals surface area contributed by atoms with E-state index < -0.39 is 74.6 Å². The maximum absolute atomic E-state index is 14.2. The molecule has 3 heterocycles. The predicted molar refractivity (Wildman–Crippen MR) is 221 cm³/mol. The number of ether oxygens (including phenoxy) is 3. The number of hydrogen-bond acceptors (Lipinski definition) is 15. The minimum Gasteiger partial charge on any atom is -0.456 e. The number of anilines is 1. The van der Waals surface area contributed by atoms with Gasteiger partial charge in [-0.05, 0) is 76.6 Å². The fourth-order valence-corrected chi connectivity index (χ4v) is 7.68. The Morgan fingerprint density at radius 3 is 2.23 bits per heavy atom. The van der Waals surface area contributed by atoms with E-state index in [4.69, 9.17) is 25.7 Å². The maximum Gasteiger partial charge on any atom is 0.408 e. The zero-order valence-electron chi connectivity index (χ0n) is 34.6. The first-order chi connectivity index (χ1) is 29.2. The maximum atomic E-state index is 14.2. The van der Waals surface area contributed by atoms with Crippen LogP contribution in [0.4, 0.5) is 21.9 Å². The number of carbonyl (C=O) groups is 5. The van der Waals surface area contributed by atoms with Crippen LogP contribution in [0.3, 0.4) is 0 Å². The SMILES string of the molecule is CC(C)[C@H](NC(=O)OC(C)(C)C)C(=O)C(=O)[C@@H]1CCCN1NC(CCCN=C(N)N)C(=O)Nc1ccc2c(c1)Oc1cc([N+](=O)[O-])ccc1C21OC(=O)c2cc([N+](=O)[O-])ccc21. The van der Waals surface area contributed by atoms with Crippen molar-refractivity contribution in [1.29, 1.82) is 0 Å². The van der Waals surface area contributed by atoms with Gasteiger partial charge in [-0.2, -0.15) is 0 Å². The number of hydrogen-bond donors (Lipinski definition) is 5. The van der Waals surface area contributed by atoms with Gasteiger partial charge in [-0.15, -0.1) is 0 Å². The predicted octanol–water partition coefficient (Wildman–Crippen LogP) is 4.09. The number of amides is 2. The molecule has 2 unspecified atom stereocenters. The number of esters is 1. The largest absolute Gasteiger partial charge is 0.456 e. The molecule has 0 radical (unpaired) electrons. The molecule has 7 N–H and O–H groups in total. The van der Waals surface area contributed by atoms with E-state index in [9.17, 15) is 44.2 Å². The summed E-state index contributed by atoms with van der Waals surface area (Å²) in [7, 11) is 0. The zero-order valence-corrected chi connectivity index (χ0v) is 34.6. The van der Waals surface area contributed by atoms with E-state index in [1.165, 1.54) is 47.5 Å². The number of benzene rings is 3. The number of carbonyl (C=O) groups excluding carboxylic acids is 5. The Hall–Kier alpha value is -7.00. The third-order valence-electron chi connectivity index (χ3n) is 10.5. The lowest BCUT2D eigenvalue weighted by Gasteiger charge is -2.36. The average molecular weight is 858 g/mol. The number of nitro benzene ring substituents is 2. The summed E-state index contributed by atoms with van der Waals surface area (Å²) in [5.41, 5.74) is 11.8.